The Morgan fingerprint density at radius 2 is 1.77 bits per heavy atom. The fourth-order valence-electron chi connectivity index (χ4n) is 2.36. The molecule has 136 valence electrons. The molecule has 0 spiro atoms. The largest absolute Gasteiger partial charge is 0.433 e. The molecular formula is C16H15F3N6S. The van der Waals surface area contributed by atoms with Crippen LogP contribution >= 0.6 is 11.8 Å². The molecule has 3 aromatic heterocycles. The number of aromatic nitrogens is 6. The van der Waals surface area contributed by atoms with Crippen molar-refractivity contribution in [3.05, 3.63) is 42.1 Å². The van der Waals surface area contributed by atoms with E-state index in [0.717, 1.165) is 17.8 Å². The third kappa shape index (κ3) is 3.85. The second-order valence-electron chi connectivity index (χ2n) is 5.74. The smallest absolute Gasteiger partial charge is 0.303 e. The summed E-state index contributed by atoms with van der Waals surface area (Å²) in [5, 5.41) is 8.68. The number of nitrogens with zero attached hydrogens (tertiary/aromatic N) is 6. The Morgan fingerprint density at radius 3 is 2.38 bits per heavy atom. The van der Waals surface area contributed by atoms with Crippen molar-refractivity contribution in [2.24, 2.45) is 0 Å². The van der Waals surface area contributed by atoms with Gasteiger partial charge in [-0.15, -0.1) is 10.2 Å². The molecule has 0 unspecified atom stereocenters. The molecule has 6 nitrogen and oxygen atoms in total. The van der Waals surface area contributed by atoms with Crippen molar-refractivity contribution < 1.29 is 13.2 Å². The zero-order valence-corrected chi connectivity index (χ0v) is 15.0. The summed E-state index contributed by atoms with van der Waals surface area (Å²) in [5.74, 6) is 0.666. The summed E-state index contributed by atoms with van der Waals surface area (Å²) in [6, 6.07) is 4.11. The Morgan fingerprint density at radius 1 is 1.08 bits per heavy atom. The molecule has 0 aliphatic heterocycles. The number of hydrogen-bond acceptors (Lipinski definition) is 6. The average molecular weight is 380 g/mol. The van der Waals surface area contributed by atoms with Gasteiger partial charge < -0.3 is 4.57 Å². The molecule has 0 amide bonds. The van der Waals surface area contributed by atoms with E-state index in [9.17, 15) is 13.2 Å². The SMILES string of the molecule is Cc1nnc(Sc2cc(C(F)(F)F)nc(-c3ccncc3)n2)n1C(C)C. The van der Waals surface area contributed by atoms with Crippen molar-refractivity contribution >= 4 is 11.8 Å². The molecule has 0 aromatic carbocycles. The second kappa shape index (κ2) is 7.02. The molecule has 0 bridgehead atoms. The molecule has 0 fully saturated rings. The van der Waals surface area contributed by atoms with Crippen LogP contribution in [0.25, 0.3) is 11.4 Å². The normalized spacial score (nSPS) is 12.0. The monoisotopic (exact) mass is 380 g/mol. The van der Waals surface area contributed by atoms with Crippen molar-refractivity contribution in [3.8, 4) is 11.4 Å². The first-order chi connectivity index (χ1) is 12.3. The van der Waals surface area contributed by atoms with E-state index in [1.165, 1.54) is 12.4 Å². The third-order valence-electron chi connectivity index (χ3n) is 3.48. The van der Waals surface area contributed by atoms with Gasteiger partial charge in [0.25, 0.3) is 0 Å². The van der Waals surface area contributed by atoms with Crippen LogP contribution in [0.4, 0.5) is 13.2 Å². The maximum atomic E-state index is 13.3. The lowest BCUT2D eigenvalue weighted by atomic mass is 10.2. The van der Waals surface area contributed by atoms with Crippen LogP contribution < -0.4 is 0 Å². The summed E-state index contributed by atoms with van der Waals surface area (Å²) in [7, 11) is 0. The Bertz CT molecular complexity index is 908. The average Bonchev–Trinajstić information content (AvgIpc) is 2.95. The van der Waals surface area contributed by atoms with E-state index in [1.807, 2.05) is 18.4 Å². The summed E-state index contributed by atoms with van der Waals surface area (Å²) < 4.78 is 41.6. The molecule has 0 saturated heterocycles. The van der Waals surface area contributed by atoms with Gasteiger partial charge in [-0.25, -0.2) is 9.97 Å². The van der Waals surface area contributed by atoms with Crippen LogP contribution in [0.3, 0.4) is 0 Å². The van der Waals surface area contributed by atoms with Gasteiger partial charge >= 0.3 is 6.18 Å². The van der Waals surface area contributed by atoms with E-state index in [1.54, 1.807) is 19.1 Å². The molecular weight excluding hydrogens is 365 g/mol. The van der Waals surface area contributed by atoms with Gasteiger partial charge in [-0.1, -0.05) is 0 Å². The van der Waals surface area contributed by atoms with Crippen LogP contribution in [0.2, 0.25) is 0 Å². The number of hydrogen-bond donors (Lipinski definition) is 0. The number of halogens is 3. The van der Waals surface area contributed by atoms with E-state index < -0.39 is 11.9 Å². The molecule has 3 aromatic rings. The lowest BCUT2D eigenvalue weighted by Crippen LogP contribution is -2.10. The fraction of sp³-hybridized carbons (Fsp3) is 0.312. The van der Waals surface area contributed by atoms with Gasteiger partial charge in [-0.05, 0) is 44.7 Å². The van der Waals surface area contributed by atoms with E-state index in [4.69, 9.17) is 0 Å². The summed E-state index contributed by atoms with van der Waals surface area (Å²) in [4.78, 5) is 11.8. The molecule has 0 aliphatic rings. The van der Waals surface area contributed by atoms with E-state index in [0.29, 0.717) is 16.5 Å². The lowest BCUT2D eigenvalue weighted by Gasteiger charge is -2.13. The fourth-order valence-corrected chi connectivity index (χ4v) is 3.37. The number of pyridine rings is 1. The topological polar surface area (TPSA) is 69.4 Å². The second-order valence-corrected chi connectivity index (χ2v) is 6.73. The number of aryl methyl sites for hydroxylation is 1. The molecule has 0 atom stereocenters. The molecule has 26 heavy (non-hydrogen) atoms. The van der Waals surface area contributed by atoms with Gasteiger partial charge in [0, 0.05) is 30.1 Å². The molecule has 3 rings (SSSR count). The van der Waals surface area contributed by atoms with Crippen molar-refractivity contribution in [1.82, 2.24) is 29.7 Å². The summed E-state index contributed by atoms with van der Waals surface area (Å²) >= 11 is 1.03. The van der Waals surface area contributed by atoms with Gasteiger partial charge in [0.15, 0.2) is 11.0 Å². The van der Waals surface area contributed by atoms with E-state index in [-0.39, 0.29) is 16.9 Å². The third-order valence-corrected chi connectivity index (χ3v) is 4.36. The minimum Gasteiger partial charge on any atom is -0.303 e. The Hall–Kier alpha value is -2.49. The zero-order chi connectivity index (χ0) is 18.9. The highest BCUT2D eigenvalue weighted by Crippen LogP contribution is 2.34. The van der Waals surface area contributed by atoms with Crippen LogP contribution in [-0.4, -0.2) is 29.7 Å². The molecule has 0 aliphatic carbocycles. The van der Waals surface area contributed by atoms with Gasteiger partial charge in [-0.2, -0.15) is 13.2 Å². The van der Waals surface area contributed by atoms with Crippen LogP contribution in [0.15, 0.2) is 40.8 Å². The van der Waals surface area contributed by atoms with Crippen molar-refractivity contribution in [2.45, 2.75) is 43.2 Å². The zero-order valence-electron chi connectivity index (χ0n) is 14.2. The van der Waals surface area contributed by atoms with Crippen LogP contribution in [0, 0.1) is 6.92 Å². The highest BCUT2D eigenvalue weighted by atomic mass is 32.2. The quantitative estimate of drug-likeness (QED) is 0.632. The predicted molar refractivity (Wildman–Crippen MR) is 89.5 cm³/mol. The Kier molecular flexibility index (Phi) is 4.94. The standard InChI is InChI=1S/C16H15F3N6S/c1-9(2)25-10(3)23-24-15(25)26-13-8-12(16(17,18)19)21-14(22-13)11-4-6-20-7-5-11/h4-9H,1-3H3. The molecule has 0 N–H and O–H groups in total. The van der Waals surface area contributed by atoms with Gasteiger partial charge in [0.2, 0.25) is 0 Å². The molecule has 0 saturated carbocycles. The predicted octanol–water partition coefficient (Wildman–Crippen LogP) is 4.19. The summed E-state index contributed by atoms with van der Waals surface area (Å²) in [6.07, 6.45) is -1.63. The first-order valence-electron chi connectivity index (χ1n) is 7.71. The number of rotatable bonds is 4. The van der Waals surface area contributed by atoms with Gasteiger partial charge in [-0.3, -0.25) is 4.98 Å². The minimum atomic E-state index is -4.58. The number of alkyl halides is 3. The maximum Gasteiger partial charge on any atom is 0.433 e. The maximum absolute atomic E-state index is 13.3. The van der Waals surface area contributed by atoms with E-state index in [2.05, 4.69) is 25.1 Å². The first-order valence-corrected chi connectivity index (χ1v) is 8.53. The van der Waals surface area contributed by atoms with Crippen LogP contribution in [0.1, 0.15) is 31.4 Å². The Labute approximate surface area is 151 Å². The van der Waals surface area contributed by atoms with Crippen molar-refractivity contribution in [1.29, 1.82) is 0 Å². The highest BCUT2D eigenvalue weighted by molar-refractivity contribution is 7.99. The first kappa shape index (κ1) is 18.3. The summed E-state index contributed by atoms with van der Waals surface area (Å²) in [6.45, 7) is 5.69. The van der Waals surface area contributed by atoms with Gasteiger partial charge in [0.1, 0.15) is 16.5 Å². The van der Waals surface area contributed by atoms with Crippen molar-refractivity contribution in [2.75, 3.05) is 0 Å². The molecule has 3 heterocycles. The van der Waals surface area contributed by atoms with E-state index >= 15 is 0 Å². The van der Waals surface area contributed by atoms with Crippen molar-refractivity contribution in [3.63, 3.8) is 0 Å². The van der Waals surface area contributed by atoms with Gasteiger partial charge in [0.05, 0.1) is 0 Å². The molecule has 0 radical (unpaired) electrons. The minimum absolute atomic E-state index is 0.0166. The lowest BCUT2D eigenvalue weighted by molar-refractivity contribution is -0.141. The summed E-state index contributed by atoms with van der Waals surface area (Å²) in [5.41, 5.74) is -0.552. The highest BCUT2D eigenvalue weighted by Gasteiger charge is 2.34. The Balaban J connectivity index is 2.07. The molecule has 10 heteroatoms. The van der Waals surface area contributed by atoms with Crippen LogP contribution in [0.5, 0.6) is 0 Å². The van der Waals surface area contributed by atoms with Crippen LogP contribution in [-0.2, 0) is 6.18 Å².